The first-order valence-electron chi connectivity index (χ1n) is 8.92. The Morgan fingerprint density at radius 2 is 2.11 bits per heavy atom. The molecule has 0 bridgehead atoms. The molecule has 8 heteroatoms. The van der Waals surface area contributed by atoms with Crippen LogP contribution < -0.4 is 10.2 Å². The van der Waals surface area contributed by atoms with E-state index in [1.54, 1.807) is 18.6 Å². The second kappa shape index (κ2) is 7.79. The van der Waals surface area contributed by atoms with E-state index in [9.17, 15) is 4.79 Å². The van der Waals surface area contributed by atoms with Crippen LogP contribution in [0.15, 0.2) is 36.1 Å². The van der Waals surface area contributed by atoms with E-state index in [-0.39, 0.29) is 5.91 Å². The van der Waals surface area contributed by atoms with E-state index in [4.69, 9.17) is 4.98 Å². The number of aryl methyl sites for hydroxylation is 1. The minimum absolute atomic E-state index is 0.213. The number of anilines is 1. The lowest BCUT2D eigenvalue weighted by Gasteiger charge is -2.17. The zero-order valence-electron chi connectivity index (χ0n) is 15.1. The van der Waals surface area contributed by atoms with E-state index in [1.165, 1.54) is 11.3 Å². The standard InChI is InChI=1S/C19H20N6OS/c1-13-12-27-16(23-13)11-21-18(26)15-10-22-19(25-7-2-3-8-25)24-17(15)14-5-4-6-20-9-14/h4-6,9-10,12H,2-3,7-8,11H2,1H3,(H,21,26). The van der Waals surface area contributed by atoms with E-state index in [1.807, 2.05) is 24.4 Å². The molecule has 4 rings (SSSR count). The van der Waals surface area contributed by atoms with Crippen molar-refractivity contribution in [3.8, 4) is 11.3 Å². The molecular weight excluding hydrogens is 360 g/mol. The Labute approximate surface area is 161 Å². The van der Waals surface area contributed by atoms with Gasteiger partial charge in [0.1, 0.15) is 5.01 Å². The Hall–Kier alpha value is -2.87. The summed E-state index contributed by atoms with van der Waals surface area (Å²) >= 11 is 1.53. The summed E-state index contributed by atoms with van der Waals surface area (Å²) in [6.45, 7) is 4.22. The summed E-state index contributed by atoms with van der Waals surface area (Å²) < 4.78 is 0. The molecule has 0 saturated carbocycles. The van der Waals surface area contributed by atoms with Crippen LogP contribution in [0.3, 0.4) is 0 Å². The van der Waals surface area contributed by atoms with E-state index >= 15 is 0 Å². The molecule has 4 heterocycles. The smallest absolute Gasteiger partial charge is 0.255 e. The lowest BCUT2D eigenvalue weighted by atomic mass is 10.1. The van der Waals surface area contributed by atoms with Gasteiger partial charge in [-0.1, -0.05) is 0 Å². The zero-order valence-corrected chi connectivity index (χ0v) is 15.9. The average molecular weight is 380 g/mol. The van der Waals surface area contributed by atoms with Gasteiger partial charge in [0.25, 0.3) is 5.91 Å². The summed E-state index contributed by atoms with van der Waals surface area (Å²) in [5, 5.41) is 5.76. The minimum Gasteiger partial charge on any atom is -0.345 e. The van der Waals surface area contributed by atoms with Gasteiger partial charge in [0.15, 0.2) is 0 Å². The second-order valence-corrected chi connectivity index (χ2v) is 7.38. The summed E-state index contributed by atoms with van der Waals surface area (Å²) in [6, 6.07) is 3.75. The highest BCUT2D eigenvalue weighted by Gasteiger charge is 2.20. The molecule has 0 radical (unpaired) electrons. The Bertz CT molecular complexity index is 936. The van der Waals surface area contributed by atoms with Crippen LogP contribution in [0.1, 0.15) is 33.9 Å². The van der Waals surface area contributed by atoms with Crippen LogP contribution in [0.25, 0.3) is 11.3 Å². The largest absolute Gasteiger partial charge is 0.345 e. The molecule has 7 nitrogen and oxygen atoms in total. The number of hydrogen-bond donors (Lipinski definition) is 1. The maximum atomic E-state index is 12.8. The first kappa shape index (κ1) is 17.5. The molecule has 1 amide bonds. The lowest BCUT2D eigenvalue weighted by molar-refractivity contribution is 0.0951. The zero-order chi connectivity index (χ0) is 18.6. The minimum atomic E-state index is -0.213. The van der Waals surface area contributed by atoms with Gasteiger partial charge in [-0.25, -0.2) is 15.0 Å². The van der Waals surface area contributed by atoms with Crippen molar-refractivity contribution in [2.75, 3.05) is 18.0 Å². The van der Waals surface area contributed by atoms with Crippen molar-refractivity contribution in [2.45, 2.75) is 26.3 Å². The topological polar surface area (TPSA) is 83.9 Å². The van der Waals surface area contributed by atoms with Crippen molar-refractivity contribution in [2.24, 2.45) is 0 Å². The monoisotopic (exact) mass is 380 g/mol. The molecule has 0 atom stereocenters. The van der Waals surface area contributed by atoms with Gasteiger partial charge < -0.3 is 10.2 Å². The van der Waals surface area contributed by atoms with Gasteiger partial charge in [-0.05, 0) is 31.9 Å². The maximum Gasteiger partial charge on any atom is 0.255 e. The predicted molar refractivity (Wildman–Crippen MR) is 105 cm³/mol. The van der Waals surface area contributed by atoms with Crippen molar-refractivity contribution in [3.05, 3.63) is 52.4 Å². The fourth-order valence-electron chi connectivity index (χ4n) is 3.07. The number of thiazole rings is 1. The van der Waals surface area contributed by atoms with E-state index < -0.39 is 0 Å². The molecule has 0 spiro atoms. The van der Waals surface area contributed by atoms with Gasteiger partial charge in [-0.15, -0.1) is 11.3 Å². The lowest BCUT2D eigenvalue weighted by Crippen LogP contribution is -2.26. The third-order valence-corrected chi connectivity index (χ3v) is 5.38. The number of carbonyl (C=O) groups is 1. The maximum absolute atomic E-state index is 12.8. The normalized spacial score (nSPS) is 13.7. The molecule has 1 aliphatic heterocycles. The third-order valence-electron chi connectivity index (χ3n) is 4.41. The van der Waals surface area contributed by atoms with Crippen molar-refractivity contribution in [1.82, 2.24) is 25.3 Å². The molecule has 3 aromatic heterocycles. The number of hydrogen-bond acceptors (Lipinski definition) is 7. The SMILES string of the molecule is Cc1csc(CNC(=O)c2cnc(N3CCCC3)nc2-c2cccnc2)n1. The number of aromatic nitrogens is 4. The average Bonchev–Trinajstić information content (AvgIpc) is 3.38. The molecule has 1 N–H and O–H groups in total. The van der Waals surface area contributed by atoms with Crippen molar-refractivity contribution in [1.29, 1.82) is 0 Å². The summed E-state index contributed by atoms with van der Waals surface area (Å²) in [6.07, 6.45) is 7.32. The van der Waals surface area contributed by atoms with Gasteiger partial charge in [-0.3, -0.25) is 9.78 Å². The molecule has 1 saturated heterocycles. The molecule has 0 aromatic carbocycles. The van der Waals surface area contributed by atoms with Gasteiger partial charge in [0.2, 0.25) is 5.95 Å². The van der Waals surface area contributed by atoms with Gasteiger partial charge >= 0.3 is 0 Å². The van der Waals surface area contributed by atoms with Crippen LogP contribution in [0, 0.1) is 6.92 Å². The van der Waals surface area contributed by atoms with Crippen LogP contribution in [-0.4, -0.2) is 38.9 Å². The third kappa shape index (κ3) is 3.95. The first-order chi connectivity index (χ1) is 13.2. The molecular formula is C19H20N6OS. The molecule has 3 aromatic rings. The summed E-state index contributed by atoms with van der Waals surface area (Å²) in [4.78, 5) is 32.7. The van der Waals surface area contributed by atoms with Gasteiger partial charge in [0, 0.05) is 48.3 Å². The fraction of sp³-hybridized carbons (Fsp3) is 0.316. The predicted octanol–water partition coefficient (Wildman–Crippen LogP) is 2.83. The fourth-order valence-corrected chi connectivity index (χ4v) is 3.78. The highest BCUT2D eigenvalue weighted by molar-refractivity contribution is 7.09. The summed E-state index contributed by atoms with van der Waals surface area (Å²) in [7, 11) is 0. The molecule has 0 aliphatic carbocycles. The number of carbonyl (C=O) groups excluding carboxylic acids is 1. The van der Waals surface area contributed by atoms with Crippen molar-refractivity contribution in [3.63, 3.8) is 0 Å². The van der Waals surface area contributed by atoms with Crippen LogP contribution in [0.5, 0.6) is 0 Å². The number of pyridine rings is 1. The van der Waals surface area contributed by atoms with Crippen LogP contribution >= 0.6 is 11.3 Å². The van der Waals surface area contributed by atoms with Crippen molar-refractivity contribution < 1.29 is 4.79 Å². The van der Waals surface area contributed by atoms with Gasteiger partial charge in [0.05, 0.1) is 17.8 Å². The van der Waals surface area contributed by atoms with Crippen LogP contribution in [-0.2, 0) is 6.54 Å². The summed E-state index contributed by atoms with van der Waals surface area (Å²) in [5.74, 6) is 0.452. The second-order valence-electron chi connectivity index (χ2n) is 6.43. The number of nitrogens with one attached hydrogen (secondary N) is 1. The Morgan fingerprint density at radius 3 is 2.81 bits per heavy atom. The van der Waals surface area contributed by atoms with E-state index in [0.717, 1.165) is 42.2 Å². The van der Waals surface area contributed by atoms with Crippen molar-refractivity contribution >= 4 is 23.2 Å². The molecule has 1 fully saturated rings. The van der Waals surface area contributed by atoms with E-state index in [2.05, 4.69) is 25.2 Å². The summed E-state index contributed by atoms with van der Waals surface area (Å²) in [5.41, 5.74) is 2.81. The first-order valence-corrected chi connectivity index (χ1v) is 9.80. The molecule has 0 unspecified atom stereocenters. The highest BCUT2D eigenvalue weighted by Crippen LogP contribution is 2.24. The number of rotatable bonds is 5. The molecule has 27 heavy (non-hydrogen) atoms. The Morgan fingerprint density at radius 1 is 1.26 bits per heavy atom. The van der Waals surface area contributed by atoms with Crippen LogP contribution in [0.4, 0.5) is 5.95 Å². The quantitative estimate of drug-likeness (QED) is 0.733. The van der Waals surface area contributed by atoms with E-state index in [0.29, 0.717) is 23.8 Å². The highest BCUT2D eigenvalue weighted by atomic mass is 32.1. The molecule has 1 aliphatic rings. The number of amides is 1. The van der Waals surface area contributed by atoms with Gasteiger partial charge in [-0.2, -0.15) is 0 Å². The number of nitrogens with zero attached hydrogens (tertiary/aromatic N) is 5. The Kier molecular flexibility index (Phi) is 5.06. The Balaban J connectivity index is 1.63. The van der Waals surface area contributed by atoms with Crippen LogP contribution in [0.2, 0.25) is 0 Å². The molecule has 138 valence electrons.